The Balaban J connectivity index is 2.36. The molecule has 0 aliphatic rings. The third kappa shape index (κ3) is 4.79. The fourth-order valence-electron chi connectivity index (χ4n) is 2.50. The van der Waals surface area contributed by atoms with Crippen LogP contribution in [0.3, 0.4) is 0 Å². The maximum Gasteiger partial charge on any atom is 0.271 e. The second-order valence-electron chi connectivity index (χ2n) is 5.81. The monoisotopic (exact) mass is 408 g/mol. The minimum absolute atomic E-state index is 0.0570. The fraction of sp³-hybridized carbons (Fsp3) is 0.188. The molecule has 1 amide bonds. The van der Waals surface area contributed by atoms with Crippen LogP contribution in [0.4, 0.5) is 22.7 Å². The SMILES string of the molecule is C[C@H](C(=O)Nc1cccc([N+](=O)[O-])c1)N(c1cccc([N+](=O)[O-])c1)S(C)(=O)=O. The quantitative estimate of drug-likeness (QED) is 0.545. The topological polar surface area (TPSA) is 153 Å². The van der Waals surface area contributed by atoms with Crippen LogP contribution in [0.25, 0.3) is 0 Å². The largest absolute Gasteiger partial charge is 0.324 e. The molecular formula is C16H16N4O7S. The van der Waals surface area contributed by atoms with E-state index in [1.54, 1.807) is 0 Å². The molecule has 2 aromatic carbocycles. The van der Waals surface area contributed by atoms with Gasteiger partial charge in [0, 0.05) is 30.0 Å². The van der Waals surface area contributed by atoms with Gasteiger partial charge in [0.05, 0.1) is 21.8 Å². The molecule has 1 N–H and O–H groups in total. The van der Waals surface area contributed by atoms with E-state index in [9.17, 15) is 33.4 Å². The molecule has 0 aliphatic heterocycles. The van der Waals surface area contributed by atoms with E-state index in [2.05, 4.69) is 5.32 Å². The molecule has 0 unspecified atom stereocenters. The van der Waals surface area contributed by atoms with Crippen molar-refractivity contribution in [3.05, 3.63) is 68.8 Å². The van der Waals surface area contributed by atoms with Crippen LogP contribution in [-0.2, 0) is 14.8 Å². The molecule has 0 spiro atoms. The molecule has 0 heterocycles. The summed E-state index contributed by atoms with van der Waals surface area (Å²) in [7, 11) is -3.98. The van der Waals surface area contributed by atoms with Crippen LogP contribution in [-0.4, -0.2) is 36.5 Å². The third-order valence-electron chi connectivity index (χ3n) is 3.71. The molecule has 28 heavy (non-hydrogen) atoms. The molecule has 0 radical (unpaired) electrons. The molecule has 11 nitrogen and oxygen atoms in total. The van der Waals surface area contributed by atoms with Gasteiger partial charge in [-0.15, -0.1) is 0 Å². The van der Waals surface area contributed by atoms with Gasteiger partial charge in [-0.3, -0.25) is 29.3 Å². The number of sulfonamides is 1. The summed E-state index contributed by atoms with van der Waals surface area (Å²) in [6.07, 6.45) is 0.864. The lowest BCUT2D eigenvalue weighted by atomic mass is 10.2. The standard InChI is InChI=1S/C16H16N4O7S/c1-11(16(21)17-12-5-3-7-14(9-12)19(22)23)18(28(2,26)27)13-6-4-8-15(10-13)20(24)25/h3-11H,1-2H3,(H,17,21)/t11-/m1/s1. The molecule has 1 atom stereocenters. The molecule has 0 aliphatic carbocycles. The van der Waals surface area contributed by atoms with Gasteiger partial charge in [0.2, 0.25) is 15.9 Å². The summed E-state index contributed by atoms with van der Waals surface area (Å²) in [5, 5.41) is 24.2. The zero-order valence-corrected chi connectivity index (χ0v) is 15.6. The number of nitrogens with zero attached hydrogens (tertiary/aromatic N) is 3. The zero-order chi connectivity index (χ0) is 21.1. The number of anilines is 2. The van der Waals surface area contributed by atoms with Gasteiger partial charge in [-0.2, -0.15) is 0 Å². The van der Waals surface area contributed by atoms with Crippen LogP contribution < -0.4 is 9.62 Å². The predicted octanol–water partition coefficient (Wildman–Crippen LogP) is 2.30. The van der Waals surface area contributed by atoms with Crippen molar-refractivity contribution < 1.29 is 23.1 Å². The Bertz CT molecular complexity index is 1040. The van der Waals surface area contributed by atoms with Crippen LogP contribution >= 0.6 is 0 Å². The summed E-state index contributed by atoms with van der Waals surface area (Å²) in [5.41, 5.74) is -0.529. The molecule has 12 heteroatoms. The number of nitrogens with one attached hydrogen (secondary N) is 1. The molecule has 2 aromatic rings. The van der Waals surface area contributed by atoms with Crippen LogP contribution in [0.5, 0.6) is 0 Å². The Labute approximate surface area is 159 Å². The number of hydrogen-bond acceptors (Lipinski definition) is 7. The minimum atomic E-state index is -3.98. The Kier molecular flexibility index (Phi) is 5.93. The van der Waals surface area contributed by atoms with Crippen molar-refractivity contribution in [1.82, 2.24) is 0 Å². The Hall–Kier alpha value is -3.54. The van der Waals surface area contributed by atoms with Gasteiger partial charge < -0.3 is 5.32 Å². The van der Waals surface area contributed by atoms with Gasteiger partial charge in [0.1, 0.15) is 6.04 Å². The number of benzene rings is 2. The third-order valence-corrected chi connectivity index (χ3v) is 4.95. The molecule has 0 aromatic heterocycles. The molecule has 0 bridgehead atoms. The van der Waals surface area contributed by atoms with E-state index in [1.807, 2.05) is 0 Å². The van der Waals surface area contributed by atoms with Crippen LogP contribution in [0.1, 0.15) is 6.92 Å². The van der Waals surface area contributed by atoms with Gasteiger partial charge in [0.15, 0.2) is 0 Å². The van der Waals surface area contributed by atoms with E-state index >= 15 is 0 Å². The highest BCUT2D eigenvalue weighted by atomic mass is 32.2. The summed E-state index contributed by atoms with van der Waals surface area (Å²) >= 11 is 0. The first-order valence-electron chi connectivity index (χ1n) is 7.80. The Morgan fingerprint density at radius 1 is 1.04 bits per heavy atom. The van der Waals surface area contributed by atoms with Crippen molar-refractivity contribution in [3.8, 4) is 0 Å². The van der Waals surface area contributed by atoms with Gasteiger partial charge in [-0.25, -0.2) is 8.42 Å². The molecule has 2 rings (SSSR count). The van der Waals surface area contributed by atoms with E-state index in [1.165, 1.54) is 43.3 Å². The van der Waals surface area contributed by atoms with Crippen LogP contribution in [0.2, 0.25) is 0 Å². The number of amides is 1. The molecule has 0 fully saturated rings. The number of nitro benzene ring substituents is 2. The highest BCUT2D eigenvalue weighted by Gasteiger charge is 2.30. The van der Waals surface area contributed by atoms with Crippen LogP contribution in [0.15, 0.2) is 48.5 Å². The molecule has 0 saturated heterocycles. The van der Waals surface area contributed by atoms with Crippen molar-refractivity contribution in [1.29, 1.82) is 0 Å². The summed E-state index contributed by atoms with van der Waals surface area (Å²) in [6, 6.07) is 8.73. The van der Waals surface area contributed by atoms with Crippen LogP contribution in [0, 0.1) is 20.2 Å². The lowest BCUT2D eigenvalue weighted by Crippen LogP contribution is -2.45. The predicted molar refractivity (Wildman–Crippen MR) is 102 cm³/mol. The summed E-state index contributed by atoms with van der Waals surface area (Å²) < 4.78 is 25.2. The minimum Gasteiger partial charge on any atom is -0.324 e. The molecular weight excluding hydrogens is 392 g/mol. The van der Waals surface area contributed by atoms with E-state index in [4.69, 9.17) is 0 Å². The van der Waals surface area contributed by atoms with Gasteiger partial charge in [-0.1, -0.05) is 12.1 Å². The maximum absolute atomic E-state index is 12.6. The van der Waals surface area contributed by atoms with Crippen molar-refractivity contribution in [2.24, 2.45) is 0 Å². The summed E-state index contributed by atoms with van der Waals surface area (Å²) in [5.74, 6) is -0.766. The number of carbonyl (C=O) groups excluding carboxylic acids is 1. The first kappa shape index (κ1) is 20.8. The highest BCUT2D eigenvalue weighted by molar-refractivity contribution is 7.92. The summed E-state index contributed by atoms with van der Waals surface area (Å²) in [4.78, 5) is 33.0. The van der Waals surface area contributed by atoms with Gasteiger partial charge in [0.25, 0.3) is 11.4 Å². The number of carbonyl (C=O) groups is 1. The fourth-order valence-corrected chi connectivity index (χ4v) is 3.66. The second-order valence-corrected chi connectivity index (χ2v) is 7.67. The number of non-ortho nitro benzene ring substituents is 2. The van der Waals surface area contributed by atoms with Gasteiger partial charge in [-0.05, 0) is 19.1 Å². The van der Waals surface area contributed by atoms with Crippen molar-refractivity contribution in [3.63, 3.8) is 0 Å². The molecule has 148 valence electrons. The van der Waals surface area contributed by atoms with E-state index in [0.717, 1.165) is 22.7 Å². The Morgan fingerprint density at radius 3 is 2.11 bits per heavy atom. The van der Waals surface area contributed by atoms with E-state index in [-0.39, 0.29) is 22.7 Å². The van der Waals surface area contributed by atoms with Crippen molar-refractivity contribution in [2.75, 3.05) is 15.9 Å². The smallest absolute Gasteiger partial charge is 0.271 e. The Morgan fingerprint density at radius 2 is 1.57 bits per heavy atom. The van der Waals surface area contributed by atoms with E-state index < -0.39 is 31.8 Å². The summed E-state index contributed by atoms with van der Waals surface area (Å²) in [6.45, 7) is 1.30. The first-order valence-corrected chi connectivity index (χ1v) is 9.64. The van der Waals surface area contributed by atoms with E-state index in [0.29, 0.717) is 0 Å². The van der Waals surface area contributed by atoms with Crippen molar-refractivity contribution >= 4 is 38.7 Å². The molecule has 0 saturated carbocycles. The average molecular weight is 408 g/mol. The number of hydrogen-bond donors (Lipinski definition) is 1. The first-order chi connectivity index (χ1) is 13.0. The average Bonchev–Trinajstić information content (AvgIpc) is 2.61. The maximum atomic E-state index is 12.6. The second kappa shape index (κ2) is 8.00. The van der Waals surface area contributed by atoms with Crippen molar-refractivity contribution in [2.45, 2.75) is 13.0 Å². The lowest BCUT2D eigenvalue weighted by Gasteiger charge is -2.28. The lowest BCUT2D eigenvalue weighted by molar-refractivity contribution is -0.385. The van der Waals surface area contributed by atoms with Gasteiger partial charge >= 0.3 is 0 Å². The zero-order valence-electron chi connectivity index (χ0n) is 14.8. The number of nitro groups is 2. The number of rotatable bonds is 7. The normalized spacial score (nSPS) is 12.1. The highest BCUT2D eigenvalue weighted by Crippen LogP contribution is 2.26.